The molecule has 2 heterocycles. The molecule has 9 heteroatoms. The van der Waals surface area contributed by atoms with Crippen molar-refractivity contribution in [3.8, 4) is 5.75 Å². The number of benzene rings is 3. The van der Waals surface area contributed by atoms with E-state index in [1.165, 1.54) is 16.4 Å². The molecule has 1 fully saturated rings. The number of hydrogen-bond acceptors (Lipinski definition) is 5. The Labute approximate surface area is 202 Å². The van der Waals surface area contributed by atoms with E-state index < -0.39 is 15.8 Å². The number of carbonyl (C=O) groups is 1. The molecule has 3 aromatic carbocycles. The Morgan fingerprint density at radius 3 is 2.26 bits per heavy atom. The highest BCUT2D eigenvalue weighted by Crippen LogP contribution is 2.29. The van der Waals surface area contributed by atoms with Crippen molar-refractivity contribution < 1.29 is 26.8 Å². The monoisotopic (exact) mass is 494 g/mol. The Kier molecular flexibility index (Phi) is 6.27. The molecule has 0 saturated carbocycles. The number of rotatable bonds is 6. The van der Waals surface area contributed by atoms with Gasteiger partial charge < -0.3 is 14.1 Å². The zero-order valence-electron chi connectivity index (χ0n) is 18.8. The summed E-state index contributed by atoms with van der Waals surface area (Å²) in [5.41, 5.74) is 1.23. The van der Waals surface area contributed by atoms with Crippen molar-refractivity contribution in [1.82, 2.24) is 9.21 Å². The van der Waals surface area contributed by atoms with Crippen LogP contribution >= 0.6 is 0 Å². The number of furan rings is 1. The Hall–Kier alpha value is -3.69. The van der Waals surface area contributed by atoms with E-state index >= 15 is 0 Å². The van der Waals surface area contributed by atoms with E-state index in [-0.39, 0.29) is 49.3 Å². The first kappa shape index (κ1) is 23.1. The normalized spacial score (nSPS) is 14.8. The van der Waals surface area contributed by atoms with Gasteiger partial charge in [0.1, 0.15) is 23.8 Å². The maximum absolute atomic E-state index is 13.4. The average molecular weight is 495 g/mol. The number of halogens is 1. The molecule has 1 aliphatic rings. The zero-order valence-corrected chi connectivity index (χ0v) is 19.6. The number of amides is 1. The largest absolute Gasteiger partial charge is 0.489 e. The van der Waals surface area contributed by atoms with Crippen molar-refractivity contribution in [3.05, 3.63) is 96.0 Å². The number of sulfonamides is 1. The van der Waals surface area contributed by atoms with E-state index in [1.54, 1.807) is 11.0 Å². The summed E-state index contributed by atoms with van der Waals surface area (Å²) in [4.78, 5) is 15.0. The van der Waals surface area contributed by atoms with Crippen LogP contribution in [0, 0.1) is 5.82 Å². The minimum atomic E-state index is -3.78. The fourth-order valence-corrected chi connectivity index (χ4v) is 5.54. The summed E-state index contributed by atoms with van der Waals surface area (Å²) in [7, 11) is -3.78. The van der Waals surface area contributed by atoms with E-state index in [2.05, 4.69) is 0 Å². The lowest BCUT2D eigenvalue weighted by Crippen LogP contribution is -2.50. The maximum atomic E-state index is 13.4. The van der Waals surface area contributed by atoms with Gasteiger partial charge in [0.2, 0.25) is 10.0 Å². The second-order valence-corrected chi connectivity index (χ2v) is 10.1. The molecule has 0 N–H and O–H groups in total. The van der Waals surface area contributed by atoms with Crippen LogP contribution in [-0.4, -0.2) is 49.7 Å². The summed E-state index contributed by atoms with van der Waals surface area (Å²) in [6, 6.07) is 21.4. The first-order valence-corrected chi connectivity index (χ1v) is 12.6. The third-order valence-electron chi connectivity index (χ3n) is 6.00. The summed E-state index contributed by atoms with van der Waals surface area (Å²) >= 11 is 0. The standard InChI is InChI=1S/C26H23FN2O5S/c27-19-10-12-21(13-11-19)35(31,32)29-16-14-28(15-17-29)26(30)25-23(18-33-20-6-2-1-3-7-20)22-8-4-5-9-24(22)34-25/h1-13H,14-18H2. The number of fused-ring (bicyclic) bond motifs is 1. The average Bonchev–Trinajstić information content (AvgIpc) is 3.26. The van der Waals surface area contributed by atoms with Gasteiger partial charge in [-0.05, 0) is 42.5 Å². The number of nitrogens with zero attached hydrogens (tertiary/aromatic N) is 2. The van der Waals surface area contributed by atoms with Crippen molar-refractivity contribution >= 4 is 26.9 Å². The molecule has 1 amide bonds. The molecule has 1 saturated heterocycles. The second kappa shape index (κ2) is 9.52. The third kappa shape index (κ3) is 4.65. The molecule has 1 aliphatic heterocycles. The molecule has 7 nitrogen and oxygen atoms in total. The van der Waals surface area contributed by atoms with Gasteiger partial charge in [-0.2, -0.15) is 4.31 Å². The molecule has 0 bridgehead atoms. The summed E-state index contributed by atoms with van der Waals surface area (Å²) < 4.78 is 52.2. The van der Waals surface area contributed by atoms with E-state index in [0.717, 1.165) is 17.5 Å². The van der Waals surface area contributed by atoms with E-state index in [9.17, 15) is 17.6 Å². The molecule has 0 radical (unpaired) electrons. The minimum absolute atomic E-state index is 0.0244. The number of para-hydroxylation sites is 2. The number of carbonyl (C=O) groups excluding carboxylic acids is 1. The van der Waals surface area contributed by atoms with Crippen LogP contribution in [0.3, 0.4) is 0 Å². The highest BCUT2D eigenvalue weighted by molar-refractivity contribution is 7.89. The van der Waals surface area contributed by atoms with Gasteiger partial charge in [0.15, 0.2) is 5.76 Å². The van der Waals surface area contributed by atoms with Crippen molar-refractivity contribution in [2.24, 2.45) is 0 Å². The van der Waals surface area contributed by atoms with Crippen molar-refractivity contribution in [2.75, 3.05) is 26.2 Å². The zero-order chi connectivity index (χ0) is 24.4. The van der Waals surface area contributed by atoms with Gasteiger partial charge in [-0.25, -0.2) is 12.8 Å². The fourth-order valence-electron chi connectivity index (χ4n) is 4.12. The highest BCUT2D eigenvalue weighted by Gasteiger charge is 2.33. The van der Waals surface area contributed by atoms with Gasteiger partial charge in [-0.3, -0.25) is 4.79 Å². The predicted octanol–water partition coefficient (Wildman–Crippen LogP) is 4.30. The Morgan fingerprint density at radius 1 is 0.886 bits per heavy atom. The van der Waals surface area contributed by atoms with Crippen LogP contribution in [0.15, 0.2) is 88.2 Å². The summed E-state index contributed by atoms with van der Waals surface area (Å²) in [5.74, 6) is 0.0525. The molecule has 4 aromatic rings. The summed E-state index contributed by atoms with van der Waals surface area (Å²) in [6.07, 6.45) is 0. The fraction of sp³-hybridized carbons (Fsp3) is 0.192. The lowest BCUT2D eigenvalue weighted by molar-refractivity contribution is 0.0664. The molecular weight excluding hydrogens is 471 g/mol. The van der Waals surface area contributed by atoms with Crippen molar-refractivity contribution in [3.63, 3.8) is 0 Å². The Balaban J connectivity index is 1.34. The van der Waals surface area contributed by atoms with Crippen molar-refractivity contribution in [2.45, 2.75) is 11.5 Å². The van der Waals surface area contributed by atoms with Crippen LogP contribution in [0.25, 0.3) is 11.0 Å². The molecule has 5 rings (SSSR count). The van der Waals surface area contributed by atoms with Crippen LogP contribution < -0.4 is 4.74 Å². The van der Waals surface area contributed by atoms with E-state index in [4.69, 9.17) is 9.15 Å². The molecule has 0 aliphatic carbocycles. The minimum Gasteiger partial charge on any atom is -0.489 e. The number of piperazine rings is 1. The van der Waals surface area contributed by atoms with Crippen LogP contribution in [-0.2, 0) is 16.6 Å². The van der Waals surface area contributed by atoms with E-state index in [1.807, 2.05) is 48.5 Å². The summed E-state index contributed by atoms with van der Waals surface area (Å²) in [5, 5.41) is 0.796. The Morgan fingerprint density at radius 2 is 1.54 bits per heavy atom. The van der Waals surface area contributed by atoms with Crippen LogP contribution in [0.4, 0.5) is 4.39 Å². The molecule has 35 heavy (non-hydrogen) atoms. The van der Waals surface area contributed by atoms with E-state index in [0.29, 0.717) is 16.9 Å². The molecule has 1 aromatic heterocycles. The van der Waals surface area contributed by atoms with Gasteiger partial charge in [-0.1, -0.05) is 36.4 Å². The Bertz CT molecular complexity index is 1440. The quantitative estimate of drug-likeness (QED) is 0.399. The molecule has 0 atom stereocenters. The second-order valence-electron chi connectivity index (χ2n) is 8.16. The summed E-state index contributed by atoms with van der Waals surface area (Å²) in [6.45, 7) is 0.814. The maximum Gasteiger partial charge on any atom is 0.290 e. The SMILES string of the molecule is O=C(c1oc2ccccc2c1COc1ccccc1)N1CCN(S(=O)(=O)c2ccc(F)cc2)CC1. The predicted molar refractivity (Wildman–Crippen MR) is 128 cm³/mol. The molecule has 0 spiro atoms. The first-order valence-electron chi connectivity index (χ1n) is 11.2. The van der Waals surface area contributed by atoms with Gasteiger partial charge in [-0.15, -0.1) is 0 Å². The topological polar surface area (TPSA) is 80.1 Å². The number of hydrogen-bond donors (Lipinski definition) is 0. The number of ether oxygens (including phenoxy) is 1. The molecular formula is C26H23FN2O5S. The van der Waals surface area contributed by atoms with Crippen LogP contribution in [0.2, 0.25) is 0 Å². The smallest absolute Gasteiger partial charge is 0.290 e. The van der Waals surface area contributed by atoms with Gasteiger partial charge in [0.25, 0.3) is 5.91 Å². The lowest BCUT2D eigenvalue weighted by atomic mass is 10.1. The third-order valence-corrected chi connectivity index (χ3v) is 7.91. The van der Waals surface area contributed by atoms with Gasteiger partial charge >= 0.3 is 0 Å². The first-order chi connectivity index (χ1) is 16.9. The van der Waals surface area contributed by atoms with Crippen LogP contribution in [0.1, 0.15) is 16.1 Å². The van der Waals surface area contributed by atoms with Gasteiger partial charge in [0, 0.05) is 37.1 Å². The lowest BCUT2D eigenvalue weighted by Gasteiger charge is -2.33. The molecule has 0 unspecified atom stereocenters. The highest BCUT2D eigenvalue weighted by atomic mass is 32.2. The molecule has 180 valence electrons. The van der Waals surface area contributed by atoms with Crippen molar-refractivity contribution in [1.29, 1.82) is 0 Å². The van der Waals surface area contributed by atoms with Crippen LogP contribution in [0.5, 0.6) is 5.75 Å². The van der Waals surface area contributed by atoms with Gasteiger partial charge in [0.05, 0.1) is 4.90 Å².